The predicted molar refractivity (Wildman–Crippen MR) is 80.9 cm³/mol. The molecule has 2 saturated heterocycles. The standard InChI is InChI=1S/C11H22P2S2/c14-12(6-1-2-7-12)10-5-11-13(15)8-3-4-9-13/h1-11H2. The molecular weight excluding hydrogens is 258 g/mol. The molecule has 0 atom stereocenters. The minimum atomic E-state index is -0.852. The largest absolute Gasteiger partial charge is 0.0975 e. The lowest BCUT2D eigenvalue weighted by molar-refractivity contribution is 0.949. The van der Waals surface area contributed by atoms with Gasteiger partial charge in [-0.1, -0.05) is 23.6 Å². The van der Waals surface area contributed by atoms with E-state index in [-0.39, 0.29) is 0 Å². The molecule has 88 valence electrons. The van der Waals surface area contributed by atoms with E-state index in [2.05, 4.69) is 0 Å². The van der Waals surface area contributed by atoms with Crippen LogP contribution in [0.2, 0.25) is 0 Å². The quantitative estimate of drug-likeness (QED) is 0.716. The third kappa shape index (κ3) is 3.63. The molecule has 0 aromatic carbocycles. The summed E-state index contributed by atoms with van der Waals surface area (Å²) in [7, 11) is 0. The van der Waals surface area contributed by atoms with Gasteiger partial charge >= 0.3 is 0 Å². The minimum absolute atomic E-state index is 0.852. The van der Waals surface area contributed by atoms with Crippen LogP contribution < -0.4 is 0 Å². The lowest BCUT2D eigenvalue weighted by atomic mass is 10.4. The van der Waals surface area contributed by atoms with Gasteiger partial charge in [0.05, 0.1) is 0 Å². The van der Waals surface area contributed by atoms with Crippen molar-refractivity contribution in [2.75, 3.05) is 37.0 Å². The van der Waals surface area contributed by atoms with Crippen LogP contribution in [-0.4, -0.2) is 37.0 Å². The molecule has 15 heavy (non-hydrogen) atoms. The third-order valence-corrected chi connectivity index (χ3v) is 14.0. The molecule has 0 spiro atoms. The summed E-state index contributed by atoms with van der Waals surface area (Å²) in [5, 5.41) is 0. The summed E-state index contributed by atoms with van der Waals surface area (Å²) in [6.45, 7) is 0. The Morgan fingerprint density at radius 2 is 1.00 bits per heavy atom. The Balaban J connectivity index is 1.74. The van der Waals surface area contributed by atoms with Crippen molar-refractivity contribution >= 4 is 35.7 Å². The van der Waals surface area contributed by atoms with Gasteiger partial charge in [-0.3, -0.25) is 0 Å². The summed E-state index contributed by atoms with van der Waals surface area (Å²) < 4.78 is 0. The summed E-state index contributed by atoms with van der Waals surface area (Å²) in [4.78, 5) is 0. The van der Waals surface area contributed by atoms with E-state index in [0.717, 1.165) is 0 Å². The molecule has 0 saturated carbocycles. The second-order valence-corrected chi connectivity index (χ2v) is 16.8. The fourth-order valence-corrected chi connectivity index (χ4v) is 11.5. The molecule has 2 fully saturated rings. The van der Waals surface area contributed by atoms with Gasteiger partial charge in [0, 0.05) is 0 Å². The van der Waals surface area contributed by atoms with Gasteiger partial charge in [-0.05, 0) is 81.2 Å². The van der Waals surface area contributed by atoms with Gasteiger partial charge in [0.25, 0.3) is 0 Å². The zero-order valence-corrected chi connectivity index (χ0v) is 12.9. The van der Waals surface area contributed by atoms with E-state index in [4.69, 9.17) is 23.6 Å². The van der Waals surface area contributed by atoms with Crippen LogP contribution in [0.5, 0.6) is 0 Å². The van der Waals surface area contributed by atoms with Crippen LogP contribution in [-0.2, 0) is 23.6 Å². The average molecular weight is 280 g/mol. The lowest BCUT2D eigenvalue weighted by Gasteiger charge is -2.18. The Hall–Kier alpha value is 1.30. The second-order valence-electron chi connectivity index (χ2n) is 5.23. The van der Waals surface area contributed by atoms with Crippen molar-refractivity contribution in [2.45, 2.75) is 32.1 Å². The van der Waals surface area contributed by atoms with Crippen molar-refractivity contribution < 1.29 is 0 Å². The van der Waals surface area contributed by atoms with E-state index >= 15 is 0 Å². The van der Waals surface area contributed by atoms with Gasteiger partial charge in [-0.15, -0.1) is 0 Å². The number of hydrogen-bond donors (Lipinski definition) is 0. The highest BCUT2D eigenvalue weighted by Gasteiger charge is 2.25. The first-order chi connectivity index (χ1) is 7.12. The van der Waals surface area contributed by atoms with Crippen molar-refractivity contribution in [3.05, 3.63) is 0 Å². The first-order valence-corrected chi connectivity index (χ1v) is 13.0. The summed E-state index contributed by atoms with van der Waals surface area (Å²) in [6.07, 6.45) is 15.5. The van der Waals surface area contributed by atoms with Crippen LogP contribution in [0.3, 0.4) is 0 Å². The SMILES string of the molecule is S=P1(CCCP2(=S)CCCC2)CCCC1. The summed E-state index contributed by atoms with van der Waals surface area (Å²) in [5.74, 6) is 0. The Morgan fingerprint density at radius 3 is 1.33 bits per heavy atom. The van der Waals surface area contributed by atoms with Crippen molar-refractivity contribution in [1.29, 1.82) is 0 Å². The molecule has 0 nitrogen and oxygen atoms in total. The highest BCUT2D eigenvalue weighted by Crippen LogP contribution is 2.56. The van der Waals surface area contributed by atoms with Gasteiger partial charge in [-0.2, -0.15) is 0 Å². The van der Waals surface area contributed by atoms with E-state index < -0.39 is 12.1 Å². The van der Waals surface area contributed by atoms with E-state index in [1.807, 2.05) is 0 Å². The zero-order chi connectivity index (χ0) is 10.8. The molecule has 0 amide bonds. The van der Waals surface area contributed by atoms with E-state index in [1.54, 1.807) is 0 Å². The summed E-state index contributed by atoms with van der Waals surface area (Å²) in [6, 6.07) is -1.70. The molecule has 0 aromatic heterocycles. The molecule has 2 aliphatic heterocycles. The molecule has 2 aliphatic rings. The molecule has 0 bridgehead atoms. The molecule has 4 heteroatoms. The first-order valence-electron chi connectivity index (χ1n) is 6.26. The maximum Gasteiger partial charge on any atom is -0.0231 e. The third-order valence-electron chi connectivity index (χ3n) is 3.89. The van der Waals surface area contributed by atoms with E-state index in [1.165, 1.54) is 69.1 Å². The van der Waals surface area contributed by atoms with Crippen molar-refractivity contribution in [3.8, 4) is 0 Å². The van der Waals surface area contributed by atoms with Gasteiger partial charge in [0.1, 0.15) is 0 Å². The number of rotatable bonds is 4. The molecule has 2 heterocycles. The van der Waals surface area contributed by atoms with Crippen molar-refractivity contribution in [1.82, 2.24) is 0 Å². The van der Waals surface area contributed by atoms with Gasteiger partial charge in [-0.25, -0.2) is 0 Å². The fourth-order valence-electron chi connectivity index (χ4n) is 2.92. The fraction of sp³-hybridized carbons (Fsp3) is 1.00. The molecule has 2 rings (SSSR count). The monoisotopic (exact) mass is 280 g/mol. The Morgan fingerprint density at radius 1 is 0.667 bits per heavy atom. The topological polar surface area (TPSA) is 0 Å². The minimum Gasteiger partial charge on any atom is -0.0975 e. The second kappa shape index (κ2) is 5.30. The highest BCUT2D eigenvalue weighted by molar-refractivity contribution is 8.15. The first kappa shape index (κ1) is 12.7. The smallest absolute Gasteiger partial charge is 0.0231 e. The number of hydrogen-bond acceptors (Lipinski definition) is 2. The van der Waals surface area contributed by atoms with Crippen molar-refractivity contribution in [3.63, 3.8) is 0 Å². The van der Waals surface area contributed by atoms with Gasteiger partial charge in [0.2, 0.25) is 0 Å². The summed E-state index contributed by atoms with van der Waals surface area (Å²) >= 11 is 11.7. The highest BCUT2D eigenvalue weighted by atomic mass is 32.4. The molecule has 0 N–H and O–H groups in total. The van der Waals surface area contributed by atoms with Crippen LogP contribution >= 0.6 is 12.1 Å². The predicted octanol–water partition coefficient (Wildman–Crippen LogP) is 3.92. The van der Waals surface area contributed by atoms with Crippen LogP contribution in [0.1, 0.15) is 32.1 Å². The van der Waals surface area contributed by atoms with Crippen molar-refractivity contribution in [2.24, 2.45) is 0 Å². The van der Waals surface area contributed by atoms with Gasteiger partial charge < -0.3 is 0 Å². The van der Waals surface area contributed by atoms with Crippen LogP contribution in [0.4, 0.5) is 0 Å². The Kier molecular flexibility index (Phi) is 4.50. The molecule has 0 unspecified atom stereocenters. The maximum atomic E-state index is 5.83. The molecule has 0 radical (unpaired) electrons. The maximum absolute atomic E-state index is 5.83. The molecular formula is C11H22P2S2. The van der Waals surface area contributed by atoms with E-state index in [9.17, 15) is 0 Å². The Labute approximate surface area is 105 Å². The van der Waals surface area contributed by atoms with Crippen LogP contribution in [0.25, 0.3) is 0 Å². The van der Waals surface area contributed by atoms with Gasteiger partial charge in [0.15, 0.2) is 0 Å². The zero-order valence-electron chi connectivity index (χ0n) is 9.49. The normalized spacial score (nSPS) is 28.3. The molecule has 0 aromatic rings. The average Bonchev–Trinajstić information content (AvgIpc) is 2.76. The molecule has 0 aliphatic carbocycles. The van der Waals surface area contributed by atoms with E-state index in [0.29, 0.717) is 0 Å². The summed E-state index contributed by atoms with van der Waals surface area (Å²) in [5.41, 5.74) is 0. The van der Waals surface area contributed by atoms with Crippen LogP contribution in [0, 0.1) is 0 Å². The van der Waals surface area contributed by atoms with Crippen LogP contribution in [0.15, 0.2) is 0 Å². The Bertz CT molecular complexity index is 262. The lowest BCUT2D eigenvalue weighted by Crippen LogP contribution is -1.97.